The summed E-state index contributed by atoms with van der Waals surface area (Å²) in [6, 6.07) is 8.72. The van der Waals surface area contributed by atoms with E-state index < -0.39 is 0 Å². The zero-order valence-electron chi connectivity index (χ0n) is 10.1. The quantitative estimate of drug-likeness (QED) is 0.797. The molecule has 19 heavy (non-hydrogen) atoms. The van der Waals surface area contributed by atoms with Gasteiger partial charge in [-0.15, -0.1) is 11.3 Å². The molecule has 0 bridgehead atoms. The van der Waals surface area contributed by atoms with Crippen molar-refractivity contribution in [1.82, 2.24) is 5.32 Å². The van der Waals surface area contributed by atoms with Crippen molar-refractivity contribution >= 4 is 51.4 Å². The molecule has 2 rings (SSSR count). The first-order valence-electron chi connectivity index (χ1n) is 5.48. The van der Waals surface area contributed by atoms with Gasteiger partial charge in [0.25, 0.3) is 11.8 Å². The van der Waals surface area contributed by atoms with E-state index in [1.54, 1.807) is 36.7 Å². The van der Waals surface area contributed by atoms with Gasteiger partial charge in [0.2, 0.25) is 0 Å². The number of thiophene rings is 1. The van der Waals surface area contributed by atoms with Crippen molar-refractivity contribution in [3.8, 4) is 0 Å². The molecule has 2 amide bonds. The lowest BCUT2D eigenvalue weighted by Crippen LogP contribution is -2.21. The second-order valence-corrected chi connectivity index (χ2v) is 6.52. The average Bonchev–Trinajstić information content (AvgIpc) is 2.85. The fraction of sp³-hybridized carbons (Fsp3) is 0.0769. The standard InChI is InChI=1S/C13H11IN2O2S/c1-15-13(18)9-4-2-3-5-10(9)16-12(17)8-6-11(14)19-7-8/h2-7H,1H3,(H,15,18)(H,16,17). The van der Waals surface area contributed by atoms with Crippen molar-refractivity contribution in [1.29, 1.82) is 0 Å². The maximum absolute atomic E-state index is 12.1. The molecule has 1 aromatic carbocycles. The number of benzene rings is 1. The van der Waals surface area contributed by atoms with Crippen molar-refractivity contribution in [3.05, 3.63) is 49.7 Å². The number of halogens is 1. The van der Waals surface area contributed by atoms with Gasteiger partial charge in [-0.25, -0.2) is 0 Å². The zero-order valence-corrected chi connectivity index (χ0v) is 13.0. The molecular weight excluding hydrogens is 375 g/mol. The maximum atomic E-state index is 12.1. The van der Waals surface area contributed by atoms with E-state index in [2.05, 4.69) is 33.2 Å². The van der Waals surface area contributed by atoms with Crippen LogP contribution in [-0.2, 0) is 0 Å². The van der Waals surface area contributed by atoms with Crippen molar-refractivity contribution in [2.45, 2.75) is 0 Å². The summed E-state index contributed by atoms with van der Waals surface area (Å²) in [6.07, 6.45) is 0. The van der Waals surface area contributed by atoms with Crippen molar-refractivity contribution in [2.24, 2.45) is 0 Å². The van der Waals surface area contributed by atoms with Crippen LogP contribution in [0.15, 0.2) is 35.7 Å². The Balaban J connectivity index is 2.24. The number of carbonyl (C=O) groups excluding carboxylic acids is 2. The lowest BCUT2D eigenvalue weighted by molar-refractivity contribution is 0.0964. The van der Waals surface area contributed by atoms with E-state index in [0.717, 1.165) is 2.88 Å². The molecule has 0 fully saturated rings. The summed E-state index contributed by atoms with van der Waals surface area (Å²) in [5.41, 5.74) is 1.55. The van der Waals surface area contributed by atoms with E-state index in [1.165, 1.54) is 11.3 Å². The summed E-state index contributed by atoms with van der Waals surface area (Å²) in [5.74, 6) is -0.439. The molecule has 0 saturated carbocycles. The molecule has 2 aromatic rings. The Morgan fingerprint density at radius 2 is 1.95 bits per heavy atom. The molecule has 4 nitrogen and oxygen atoms in total. The average molecular weight is 386 g/mol. The number of nitrogens with one attached hydrogen (secondary N) is 2. The number of hydrogen-bond acceptors (Lipinski definition) is 3. The van der Waals surface area contributed by atoms with Gasteiger partial charge in [0.05, 0.1) is 19.7 Å². The third-order valence-electron chi connectivity index (χ3n) is 2.48. The maximum Gasteiger partial charge on any atom is 0.256 e. The van der Waals surface area contributed by atoms with Crippen LogP contribution in [-0.4, -0.2) is 18.9 Å². The molecule has 1 aromatic heterocycles. The van der Waals surface area contributed by atoms with Gasteiger partial charge in [-0.3, -0.25) is 9.59 Å². The summed E-state index contributed by atoms with van der Waals surface area (Å²) >= 11 is 3.67. The molecule has 0 aliphatic carbocycles. The molecule has 1 heterocycles. The van der Waals surface area contributed by atoms with Crippen molar-refractivity contribution in [3.63, 3.8) is 0 Å². The van der Waals surface area contributed by atoms with Gasteiger partial charge in [0.15, 0.2) is 0 Å². The number of carbonyl (C=O) groups is 2. The lowest BCUT2D eigenvalue weighted by Gasteiger charge is -2.09. The fourth-order valence-corrected chi connectivity index (χ4v) is 2.87. The Bertz CT molecular complexity index is 625. The molecule has 0 aliphatic heterocycles. The van der Waals surface area contributed by atoms with E-state index in [9.17, 15) is 9.59 Å². The minimum atomic E-state index is -0.226. The van der Waals surface area contributed by atoms with Gasteiger partial charge in [0.1, 0.15) is 0 Å². The second kappa shape index (κ2) is 6.16. The zero-order chi connectivity index (χ0) is 13.8. The van der Waals surface area contributed by atoms with Gasteiger partial charge in [-0.1, -0.05) is 12.1 Å². The van der Waals surface area contributed by atoms with Crippen LogP contribution in [0, 0.1) is 2.88 Å². The molecule has 6 heteroatoms. The third kappa shape index (κ3) is 3.32. The Morgan fingerprint density at radius 1 is 1.21 bits per heavy atom. The van der Waals surface area contributed by atoms with E-state index in [0.29, 0.717) is 16.8 Å². The molecule has 0 unspecified atom stereocenters. The van der Waals surface area contributed by atoms with Crippen molar-refractivity contribution in [2.75, 3.05) is 12.4 Å². The topological polar surface area (TPSA) is 58.2 Å². The molecule has 2 N–H and O–H groups in total. The molecule has 0 atom stereocenters. The Kier molecular flexibility index (Phi) is 4.54. The first kappa shape index (κ1) is 14.0. The highest BCUT2D eigenvalue weighted by Crippen LogP contribution is 2.20. The first-order chi connectivity index (χ1) is 9.11. The van der Waals surface area contributed by atoms with E-state index in [-0.39, 0.29) is 11.8 Å². The van der Waals surface area contributed by atoms with Crippen LogP contribution in [0.1, 0.15) is 20.7 Å². The van der Waals surface area contributed by atoms with Gasteiger partial charge >= 0.3 is 0 Å². The van der Waals surface area contributed by atoms with Crippen LogP contribution in [0.25, 0.3) is 0 Å². The molecule has 0 aliphatic rings. The fourth-order valence-electron chi connectivity index (χ4n) is 1.55. The summed E-state index contributed by atoms with van der Waals surface area (Å²) in [7, 11) is 1.56. The van der Waals surface area contributed by atoms with Crippen LogP contribution in [0.5, 0.6) is 0 Å². The third-order valence-corrected chi connectivity index (χ3v) is 4.27. The van der Waals surface area contributed by atoms with E-state index in [1.807, 2.05) is 6.07 Å². The second-order valence-electron chi connectivity index (χ2n) is 3.72. The minimum absolute atomic E-state index is 0.212. The molecule has 0 saturated heterocycles. The van der Waals surface area contributed by atoms with E-state index >= 15 is 0 Å². The van der Waals surface area contributed by atoms with Crippen LogP contribution in [0.2, 0.25) is 0 Å². The molecule has 0 spiro atoms. The Labute approximate surface area is 128 Å². The van der Waals surface area contributed by atoms with Gasteiger partial charge in [-0.2, -0.15) is 0 Å². The Morgan fingerprint density at radius 3 is 2.58 bits per heavy atom. The lowest BCUT2D eigenvalue weighted by atomic mass is 10.1. The van der Waals surface area contributed by atoms with Crippen molar-refractivity contribution < 1.29 is 9.59 Å². The van der Waals surface area contributed by atoms with Crippen LogP contribution in [0.4, 0.5) is 5.69 Å². The highest BCUT2D eigenvalue weighted by molar-refractivity contribution is 14.1. The first-order valence-corrected chi connectivity index (χ1v) is 7.44. The molecule has 0 radical (unpaired) electrons. The summed E-state index contributed by atoms with van der Waals surface area (Å²) in [4.78, 5) is 23.7. The summed E-state index contributed by atoms with van der Waals surface area (Å²) in [6.45, 7) is 0. The monoisotopic (exact) mass is 386 g/mol. The summed E-state index contributed by atoms with van der Waals surface area (Å²) < 4.78 is 1.04. The number of hydrogen-bond donors (Lipinski definition) is 2. The molecule has 98 valence electrons. The van der Waals surface area contributed by atoms with Gasteiger partial charge in [-0.05, 0) is 40.8 Å². The number of amides is 2. The SMILES string of the molecule is CNC(=O)c1ccccc1NC(=O)c1csc(I)c1. The van der Waals surface area contributed by atoms with Gasteiger partial charge in [0, 0.05) is 12.4 Å². The largest absolute Gasteiger partial charge is 0.355 e. The van der Waals surface area contributed by atoms with Crippen LogP contribution in [0.3, 0.4) is 0 Å². The normalized spacial score (nSPS) is 10.0. The predicted octanol–water partition coefficient (Wildman–Crippen LogP) is 2.96. The van der Waals surface area contributed by atoms with Crippen LogP contribution < -0.4 is 10.6 Å². The highest BCUT2D eigenvalue weighted by Gasteiger charge is 2.13. The summed E-state index contributed by atoms with van der Waals surface area (Å²) in [5, 5.41) is 7.10. The number of para-hydroxylation sites is 1. The number of rotatable bonds is 3. The molecular formula is C13H11IN2O2S. The van der Waals surface area contributed by atoms with E-state index in [4.69, 9.17) is 0 Å². The van der Waals surface area contributed by atoms with Crippen LogP contribution >= 0.6 is 33.9 Å². The number of anilines is 1. The van der Waals surface area contributed by atoms with Gasteiger partial charge < -0.3 is 10.6 Å². The minimum Gasteiger partial charge on any atom is -0.355 e. The smallest absolute Gasteiger partial charge is 0.256 e. The Hall–Kier alpha value is -1.41. The highest BCUT2D eigenvalue weighted by atomic mass is 127. The predicted molar refractivity (Wildman–Crippen MR) is 84.8 cm³/mol.